The molecule has 35 heavy (non-hydrogen) atoms. The molecule has 2 aromatic carbocycles. The lowest BCUT2D eigenvalue weighted by Gasteiger charge is -2.33. The third-order valence-corrected chi connectivity index (χ3v) is 8.27. The Bertz CT molecular complexity index is 1130. The van der Waals surface area contributed by atoms with Crippen molar-refractivity contribution in [3.05, 3.63) is 54.1 Å². The molecule has 0 spiro atoms. The average Bonchev–Trinajstić information content (AvgIpc) is 2.85. The quantitative estimate of drug-likeness (QED) is 0.460. The van der Waals surface area contributed by atoms with Crippen LogP contribution in [-0.4, -0.2) is 39.4 Å². The molecule has 2 amide bonds. The predicted molar refractivity (Wildman–Crippen MR) is 139 cm³/mol. The Balaban J connectivity index is 1.92. The minimum Gasteiger partial charge on any atom is -0.370 e. The van der Waals surface area contributed by atoms with Crippen molar-refractivity contribution in [2.75, 3.05) is 23.3 Å². The van der Waals surface area contributed by atoms with Gasteiger partial charge in [0, 0.05) is 30.7 Å². The summed E-state index contributed by atoms with van der Waals surface area (Å²) in [6.45, 7) is 6.72. The van der Waals surface area contributed by atoms with E-state index in [4.69, 9.17) is 5.73 Å². The fraction of sp³-hybridized carbons (Fsp3) is 0.462. The Morgan fingerprint density at radius 1 is 1.06 bits per heavy atom. The largest absolute Gasteiger partial charge is 0.370 e. The first kappa shape index (κ1) is 26.7. The molecule has 0 saturated carbocycles. The molecule has 1 aliphatic rings. The van der Waals surface area contributed by atoms with E-state index in [2.05, 4.69) is 10.0 Å². The summed E-state index contributed by atoms with van der Waals surface area (Å²) in [5, 5.41) is 2.91. The van der Waals surface area contributed by atoms with Crippen LogP contribution in [0.3, 0.4) is 0 Å². The molecule has 1 aliphatic heterocycles. The van der Waals surface area contributed by atoms with E-state index in [0.29, 0.717) is 50.1 Å². The maximum Gasteiger partial charge on any atom is 0.242 e. The molecule has 1 fully saturated rings. The number of primary amides is 1. The van der Waals surface area contributed by atoms with Crippen LogP contribution in [-0.2, 0) is 19.6 Å². The summed E-state index contributed by atoms with van der Waals surface area (Å²) in [4.78, 5) is 26.7. The van der Waals surface area contributed by atoms with Gasteiger partial charge in [-0.1, -0.05) is 44.2 Å². The molecule has 1 heterocycles. The van der Waals surface area contributed by atoms with Crippen molar-refractivity contribution in [3.8, 4) is 0 Å². The predicted octanol–water partition coefficient (Wildman–Crippen LogP) is 3.60. The number of piperidine rings is 1. The summed E-state index contributed by atoms with van der Waals surface area (Å²) in [5.74, 6) is -1.06. The average molecular weight is 501 g/mol. The van der Waals surface area contributed by atoms with Crippen LogP contribution in [0, 0.1) is 5.92 Å². The van der Waals surface area contributed by atoms with Gasteiger partial charge in [-0.25, -0.2) is 13.1 Å². The van der Waals surface area contributed by atoms with Crippen LogP contribution in [0.25, 0.3) is 0 Å². The molecule has 0 unspecified atom stereocenters. The Morgan fingerprint density at radius 3 is 2.29 bits per heavy atom. The minimum atomic E-state index is -3.85. The highest BCUT2D eigenvalue weighted by atomic mass is 32.2. The minimum absolute atomic E-state index is 0.112. The van der Waals surface area contributed by atoms with E-state index in [1.165, 1.54) is 6.07 Å². The van der Waals surface area contributed by atoms with Gasteiger partial charge in [0.15, 0.2) is 0 Å². The van der Waals surface area contributed by atoms with Crippen LogP contribution in [0.2, 0.25) is 0 Å². The number of carbonyl (C=O) groups is 2. The number of carbonyl (C=O) groups excluding carboxylic acids is 2. The van der Waals surface area contributed by atoms with Crippen LogP contribution < -0.4 is 20.7 Å². The highest BCUT2D eigenvalue weighted by molar-refractivity contribution is 7.89. The van der Waals surface area contributed by atoms with E-state index < -0.39 is 10.0 Å². The molecule has 4 N–H and O–H groups in total. The van der Waals surface area contributed by atoms with Crippen molar-refractivity contribution in [2.24, 2.45) is 11.7 Å². The van der Waals surface area contributed by atoms with Crippen molar-refractivity contribution in [1.82, 2.24) is 4.72 Å². The van der Waals surface area contributed by atoms with Gasteiger partial charge in [0.05, 0.1) is 11.6 Å². The first-order valence-corrected chi connectivity index (χ1v) is 13.7. The Kier molecular flexibility index (Phi) is 8.91. The number of rotatable bonds is 10. The Morgan fingerprint density at radius 2 is 1.71 bits per heavy atom. The van der Waals surface area contributed by atoms with Gasteiger partial charge in [-0.05, 0) is 56.4 Å². The molecule has 9 heteroatoms. The monoisotopic (exact) mass is 500 g/mol. The molecule has 0 bridgehead atoms. The summed E-state index contributed by atoms with van der Waals surface area (Å²) >= 11 is 0. The van der Waals surface area contributed by atoms with Crippen molar-refractivity contribution < 1.29 is 18.0 Å². The van der Waals surface area contributed by atoms with Crippen molar-refractivity contribution >= 4 is 33.2 Å². The molecule has 190 valence electrons. The van der Waals surface area contributed by atoms with Gasteiger partial charge < -0.3 is 16.0 Å². The zero-order valence-electron chi connectivity index (χ0n) is 20.7. The van der Waals surface area contributed by atoms with Crippen LogP contribution in [0.5, 0.6) is 0 Å². The summed E-state index contributed by atoms with van der Waals surface area (Å²) in [7, 11) is -3.85. The van der Waals surface area contributed by atoms with Crippen LogP contribution in [0.15, 0.2) is 53.4 Å². The van der Waals surface area contributed by atoms with E-state index in [1.807, 2.05) is 56.0 Å². The second kappa shape index (κ2) is 11.7. The molecule has 0 aliphatic carbocycles. The molecule has 1 saturated heterocycles. The highest BCUT2D eigenvalue weighted by Crippen LogP contribution is 2.32. The number of nitrogens with zero attached hydrogens (tertiary/aromatic N) is 1. The van der Waals surface area contributed by atoms with E-state index in [-0.39, 0.29) is 34.6 Å². The molecular weight excluding hydrogens is 464 g/mol. The number of nitrogens with two attached hydrogens (primary N) is 1. The van der Waals surface area contributed by atoms with Crippen LogP contribution >= 0.6 is 0 Å². The highest BCUT2D eigenvalue weighted by Gasteiger charge is 2.29. The fourth-order valence-electron chi connectivity index (χ4n) is 4.37. The van der Waals surface area contributed by atoms with Gasteiger partial charge in [-0.15, -0.1) is 0 Å². The Labute approximate surface area is 208 Å². The molecule has 0 aromatic heterocycles. The van der Waals surface area contributed by atoms with Crippen molar-refractivity contribution in [1.29, 1.82) is 0 Å². The number of benzene rings is 2. The van der Waals surface area contributed by atoms with E-state index in [9.17, 15) is 18.0 Å². The molecule has 2 atom stereocenters. The second-order valence-corrected chi connectivity index (χ2v) is 10.8. The Hall–Kier alpha value is -2.91. The number of nitrogens with one attached hydrogen (secondary N) is 2. The number of anilines is 2. The first-order chi connectivity index (χ1) is 16.7. The van der Waals surface area contributed by atoms with Gasteiger partial charge >= 0.3 is 0 Å². The number of sulfonamides is 1. The number of amides is 2. The zero-order chi connectivity index (χ0) is 25.6. The smallest absolute Gasteiger partial charge is 0.242 e. The van der Waals surface area contributed by atoms with Gasteiger partial charge in [0.1, 0.15) is 4.90 Å². The standard InChI is InChI=1S/C26H36N4O4S/c1-4-18(3)29-35(33,34)24-17-21(28-26(32)22(5-2)19-9-7-6-8-10-19)11-12-23(24)30-15-13-20(14-16-30)25(27)31/h6-12,17-18,20,22,29H,4-5,13-16H2,1-3H3,(H2,27,31)(H,28,32)/t18-,22+/m1/s1. The summed E-state index contributed by atoms with van der Waals surface area (Å²) < 4.78 is 29.5. The van der Waals surface area contributed by atoms with Crippen molar-refractivity contribution in [2.45, 2.75) is 63.3 Å². The molecular formula is C26H36N4O4S. The summed E-state index contributed by atoms with van der Waals surface area (Å²) in [6, 6.07) is 14.3. The maximum absolute atomic E-state index is 13.4. The summed E-state index contributed by atoms with van der Waals surface area (Å²) in [5.41, 5.74) is 7.34. The normalized spacial score (nSPS) is 16.5. The lowest BCUT2D eigenvalue weighted by molar-refractivity contribution is -0.122. The fourth-order valence-corrected chi connectivity index (χ4v) is 5.95. The van der Waals surface area contributed by atoms with Crippen LogP contribution in [0.4, 0.5) is 11.4 Å². The van der Waals surface area contributed by atoms with Crippen molar-refractivity contribution in [3.63, 3.8) is 0 Å². The van der Waals surface area contributed by atoms with Gasteiger partial charge in [-0.2, -0.15) is 0 Å². The molecule has 0 radical (unpaired) electrons. The zero-order valence-corrected chi connectivity index (χ0v) is 21.5. The maximum atomic E-state index is 13.4. The van der Waals surface area contributed by atoms with Gasteiger partial charge in [0.2, 0.25) is 21.8 Å². The number of hydrogen-bond acceptors (Lipinski definition) is 5. The first-order valence-electron chi connectivity index (χ1n) is 12.2. The lowest BCUT2D eigenvalue weighted by Crippen LogP contribution is -2.40. The van der Waals surface area contributed by atoms with E-state index >= 15 is 0 Å². The summed E-state index contributed by atoms with van der Waals surface area (Å²) in [6.07, 6.45) is 2.40. The SMILES string of the molecule is CC[C@@H](C)NS(=O)(=O)c1cc(NC(=O)[C@@H](CC)c2ccccc2)ccc1N1CCC(C(N)=O)CC1. The second-order valence-electron chi connectivity index (χ2n) is 9.14. The molecule has 8 nitrogen and oxygen atoms in total. The van der Waals surface area contributed by atoms with E-state index in [0.717, 1.165) is 5.56 Å². The third-order valence-electron chi connectivity index (χ3n) is 6.65. The van der Waals surface area contributed by atoms with Gasteiger partial charge in [0.25, 0.3) is 0 Å². The van der Waals surface area contributed by atoms with Crippen LogP contribution in [0.1, 0.15) is 57.9 Å². The van der Waals surface area contributed by atoms with Gasteiger partial charge in [-0.3, -0.25) is 9.59 Å². The lowest BCUT2D eigenvalue weighted by atomic mass is 9.95. The van der Waals surface area contributed by atoms with E-state index in [1.54, 1.807) is 12.1 Å². The molecule has 2 aromatic rings. The molecule has 3 rings (SSSR count). The number of hydrogen-bond donors (Lipinski definition) is 3. The topological polar surface area (TPSA) is 122 Å². The third kappa shape index (κ3) is 6.61.